The lowest BCUT2D eigenvalue weighted by Crippen LogP contribution is -2.25. The number of ether oxygens (including phenoxy) is 2. The monoisotopic (exact) mass is 531 g/mol. The van der Waals surface area contributed by atoms with Crippen LogP contribution in [0.15, 0.2) is 71.9 Å². The summed E-state index contributed by atoms with van der Waals surface area (Å²) in [7, 11) is 3.15. The van der Waals surface area contributed by atoms with Gasteiger partial charge < -0.3 is 20.1 Å². The molecule has 196 valence electrons. The normalized spacial score (nSPS) is 10.6. The highest BCUT2D eigenvalue weighted by Gasteiger charge is 2.19. The number of rotatable bonds is 10. The summed E-state index contributed by atoms with van der Waals surface area (Å²) in [5, 5.41) is 15.0. The largest absolute Gasteiger partial charge is 0.497 e. The third-order valence-electron chi connectivity index (χ3n) is 5.75. The Bertz CT molecular complexity index is 1440. The summed E-state index contributed by atoms with van der Waals surface area (Å²) >= 11 is 1.27. The topological polar surface area (TPSA) is 107 Å². The summed E-state index contributed by atoms with van der Waals surface area (Å²) in [4.78, 5) is 25.5. The fourth-order valence-corrected chi connectivity index (χ4v) is 4.50. The average molecular weight is 532 g/mol. The first-order valence-electron chi connectivity index (χ1n) is 11.9. The van der Waals surface area contributed by atoms with Crippen LogP contribution in [-0.2, 0) is 11.3 Å². The van der Waals surface area contributed by atoms with Gasteiger partial charge in [-0.05, 0) is 73.5 Å². The first-order valence-corrected chi connectivity index (χ1v) is 12.9. The molecule has 0 unspecified atom stereocenters. The molecule has 2 N–H and O–H groups in total. The summed E-state index contributed by atoms with van der Waals surface area (Å²) in [6.07, 6.45) is 0. The Labute approximate surface area is 225 Å². The molecule has 0 aliphatic carbocycles. The van der Waals surface area contributed by atoms with Gasteiger partial charge in [-0.15, -0.1) is 10.2 Å². The van der Waals surface area contributed by atoms with Gasteiger partial charge in [-0.2, -0.15) is 0 Å². The maximum absolute atomic E-state index is 12.8. The van der Waals surface area contributed by atoms with Crippen molar-refractivity contribution in [3.05, 3.63) is 89.2 Å². The van der Waals surface area contributed by atoms with E-state index in [-0.39, 0.29) is 24.1 Å². The zero-order chi connectivity index (χ0) is 27.1. The van der Waals surface area contributed by atoms with E-state index in [1.165, 1.54) is 11.8 Å². The molecule has 10 heteroatoms. The third-order valence-corrected chi connectivity index (χ3v) is 6.68. The van der Waals surface area contributed by atoms with E-state index >= 15 is 0 Å². The Morgan fingerprint density at radius 2 is 1.68 bits per heavy atom. The highest BCUT2D eigenvalue weighted by atomic mass is 32.2. The van der Waals surface area contributed by atoms with Crippen molar-refractivity contribution in [3.63, 3.8) is 0 Å². The molecule has 1 heterocycles. The van der Waals surface area contributed by atoms with Crippen LogP contribution < -0.4 is 20.1 Å². The number of aromatic nitrogens is 3. The van der Waals surface area contributed by atoms with Gasteiger partial charge in [0.2, 0.25) is 5.91 Å². The zero-order valence-corrected chi connectivity index (χ0v) is 22.5. The Hall–Kier alpha value is -4.31. The van der Waals surface area contributed by atoms with Crippen LogP contribution in [0.1, 0.15) is 27.3 Å². The summed E-state index contributed by atoms with van der Waals surface area (Å²) in [6, 6.07) is 20.2. The van der Waals surface area contributed by atoms with E-state index in [0.717, 1.165) is 16.8 Å². The second-order valence-electron chi connectivity index (χ2n) is 8.50. The number of amides is 2. The molecule has 0 atom stereocenters. The summed E-state index contributed by atoms with van der Waals surface area (Å²) < 4.78 is 12.3. The van der Waals surface area contributed by atoms with Gasteiger partial charge >= 0.3 is 0 Å². The molecule has 0 fully saturated rings. The maximum atomic E-state index is 12.8. The summed E-state index contributed by atoms with van der Waals surface area (Å²) in [5.41, 5.74) is 4.12. The van der Waals surface area contributed by atoms with E-state index in [4.69, 9.17) is 9.47 Å². The molecule has 0 aliphatic rings. The minimum absolute atomic E-state index is 0.130. The van der Waals surface area contributed by atoms with Gasteiger partial charge in [0.05, 0.1) is 32.2 Å². The third kappa shape index (κ3) is 6.51. The molecule has 4 aromatic rings. The average Bonchev–Trinajstić information content (AvgIpc) is 3.34. The van der Waals surface area contributed by atoms with Gasteiger partial charge in [-0.25, -0.2) is 0 Å². The van der Waals surface area contributed by atoms with Crippen LogP contribution >= 0.6 is 11.8 Å². The molecule has 0 saturated carbocycles. The molecule has 4 rings (SSSR count). The number of benzene rings is 3. The number of carbonyl (C=O) groups is 2. The SMILES string of the molecule is COc1ccc(NC(=O)CSc2nnc(CNC(=O)c3cccc(OC)c3)n2-c2cc(C)ccc2C)cc1. The molecule has 0 saturated heterocycles. The van der Waals surface area contributed by atoms with Gasteiger partial charge in [-0.3, -0.25) is 14.2 Å². The van der Waals surface area contributed by atoms with Crippen molar-refractivity contribution in [3.8, 4) is 17.2 Å². The lowest BCUT2D eigenvalue weighted by atomic mass is 10.1. The van der Waals surface area contributed by atoms with Crippen LogP contribution in [0.3, 0.4) is 0 Å². The van der Waals surface area contributed by atoms with Gasteiger partial charge in [0.25, 0.3) is 5.91 Å². The fourth-order valence-electron chi connectivity index (χ4n) is 3.74. The molecule has 2 amide bonds. The van der Waals surface area contributed by atoms with Gasteiger partial charge in [-0.1, -0.05) is 30.0 Å². The molecule has 0 radical (unpaired) electrons. The molecule has 0 aliphatic heterocycles. The van der Waals surface area contributed by atoms with E-state index in [0.29, 0.717) is 33.7 Å². The van der Waals surface area contributed by atoms with Crippen molar-refractivity contribution in [2.75, 3.05) is 25.3 Å². The number of anilines is 1. The van der Waals surface area contributed by atoms with Gasteiger partial charge in [0, 0.05) is 11.3 Å². The molecule has 9 nitrogen and oxygen atoms in total. The van der Waals surface area contributed by atoms with Crippen LogP contribution in [0.25, 0.3) is 5.69 Å². The number of nitrogens with zero attached hydrogens (tertiary/aromatic N) is 3. The highest BCUT2D eigenvalue weighted by molar-refractivity contribution is 7.99. The summed E-state index contributed by atoms with van der Waals surface area (Å²) in [5.74, 6) is 1.56. The minimum atomic E-state index is -0.257. The number of hydrogen-bond donors (Lipinski definition) is 2. The van der Waals surface area contributed by atoms with E-state index in [9.17, 15) is 9.59 Å². The lowest BCUT2D eigenvalue weighted by molar-refractivity contribution is -0.113. The maximum Gasteiger partial charge on any atom is 0.251 e. The Kier molecular flexibility index (Phi) is 8.65. The number of aryl methyl sites for hydroxylation is 2. The van der Waals surface area contributed by atoms with E-state index in [2.05, 4.69) is 20.8 Å². The fraction of sp³-hybridized carbons (Fsp3) is 0.214. The van der Waals surface area contributed by atoms with Crippen LogP contribution in [-0.4, -0.2) is 46.6 Å². The van der Waals surface area contributed by atoms with Crippen LogP contribution in [0.2, 0.25) is 0 Å². The Balaban J connectivity index is 1.52. The summed E-state index contributed by atoms with van der Waals surface area (Å²) in [6.45, 7) is 4.15. The molecule has 0 spiro atoms. The molecule has 0 bridgehead atoms. The lowest BCUT2D eigenvalue weighted by Gasteiger charge is -2.14. The second-order valence-corrected chi connectivity index (χ2v) is 9.45. The van der Waals surface area contributed by atoms with Gasteiger partial charge in [0.1, 0.15) is 11.5 Å². The second kappa shape index (κ2) is 12.3. The van der Waals surface area contributed by atoms with Crippen LogP contribution in [0, 0.1) is 13.8 Å². The van der Waals surface area contributed by atoms with Crippen LogP contribution in [0.5, 0.6) is 11.5 Å². The number of carbonyl (C=O) groups excluding carboxylic acids is 2. The van der Waals surface area contributed by atoms with Crippen molar-refractivity contribution < 1.29 is 19.1 Å². The predicted octanol–water partition coefficient (Wildman–Crippen LogP) is 4.56. The highest BCUT2D eigenvalue weighted by Crippen LogP contribution is 2.26. The smallest absolute Gasteiger partial charge is 0.251 e. The zero-order valence-electron chi connectivity index (χ0n) is 21.6. The Morgan fingerprint density at radius 3 is 2.42 bits per heavy atom. The van der Waals surface area contributed by atoms with E-state index in [1.54, 1.807) is 62.8 Å². The number of methoxy groups -OCH3 is 2. The van der Waals surface area contributed by atoms with E-state index in [1.807, 2.05) is 36.6 Å². The van der Waals surface area contributed by atoms with Crippen molar-refractivity contribution >= 4 is 29.3 Å². The van der Waals surface area contributed by atoms with Crippen LogP contribution in [0.4, 0.5) is 5.69 Å². The number of nitrogens with one attached hydrogen (secondary N) is 2. The number of hydrogen-bond acceptors (Lipinski definition) is 7. The van der Waals surface area contributed by atoms with Crippen molar-refractivity contribution in [1.82, 2.24) is 20.1 Å². The Morgan fingerprint density at radius 1 is 0.921 bits per heavy atom. The molecule has 3 aromatic carbocycles. The quantitative estimate of drug-likeness (QED) is 0.289. The predicted molar refractivity (Wildman–Crippen MR) is 147 cm³/mol. The standard InChI is InChI=1S/C28H29N5O4S/c1-18-8-9-19(2)24(14-18)33-25(16-29-27(35)20-6-5-7-23(15-20)37-4)31-32-28(33)38-17-26(34)30-21-10-12-22(36-3)13-11-21/h5-15H,16-17H2,1-4H3,(H,29,35)(H,30,34). The first kappa shape index (κ1) is 26.7. The first-order chi connectivity index (χ1) is 18.4. The van der Waals surface area contributed by atoms with E-state index < -0.39 is 0 Å². The minimum Gasteiger partial charge on any atom is -0.497 e. The van der Waals surface area contributed by atoms with Crippen molar-refractivity contribution in [2.45, 2.75) is 25.5 Å². The van der Waals surface area contributed by atoms with Crippen molar-refractivity contribution in [1.29, 1.82) is 0 Å². The molecular formula is C28H29N5O4S. The number of thioether (sulfide) groups is 1. The molecule has 38 heavy (non-hydrogen) atoms. The molecule has 1 aromatic heterocycles. The van der Waals surface area contributed by atoms with Crippen molar-refractivity contribution in [2.24, 2.45) is 0 Å². The molecular weight excluding hydrogens is 502 g/mol. The van der Waals surface area contributed by atoms with Gasteiger partial charge in [0.15, 0.2) is 11.0 Å².